The van der Waals surface area contributed by atoms with Gasteiger partial charge in [0.1, 0.15) is 0 Å². The molecular weight excluding hydrogens is 438 g/mol. The first-order chi connectivity index (χ1) is 11.5. The summed E-state index contributed by atoms with van der Waals surface area (Å²) in [4.78, 5) is 24.0. The molecule has 0 heterocycles. The van der Waals surface area contributed by atoms with Crippen molar-refractivity contribution in [2.75, 3.05) is 7.11 Å². The van der Waals surface area contributed by atoms with E-state index in [2.05, 4.69) is 37.2 Å². The number of nitrogens with one attached hydrogen (secondary N) is 1. The quantitative estimate of drug-likeness (QED) is 0.666. The topological polar surface area (TPSA) is 55.4 Å². The Morgan fingerprint density at radius 3 is 2.42 bits per heavy atom. The highest BCUT2D eigenvalue weighted by Gasteiger charge is 2.19. The standard InChI is InChI=1S/C18H17Br2NO3/c1-24-18(23)11-16(13-3-2-4-15(20)10-13)21-17(22)9-12-5-7-14(19)8-6-12/h2-8,10,16H,9,11H2,1H3,(H,21,22). The normalized spacial score (nSPS) is 11.6. The minimum atomic E-state index is -0.433. The molecule has 1 atom stereocenters. The van der Waals surface area contributed by atoms with Crippen molar-refractivity contribution < 1.29 is 14.3 Å². The summed E-state index contributed by atoms with van der Waals surface area (Å²) < 4.78 is 6.59. The molecule has 1 N–H and O–H groups in total. The second-order valence-electron chi connectivity index (χ2n) is 5.26. The van der Waals surface area contributed by atoms with Gasteiger partial charge in [-0.2, -0.15) is 0 Å². The molecule has 1 unspecified atom stereocenters. The van der Waals surface area contributed by atoms with Gasteiger partial charge in [-0.25, -0.2) is 0 Å². The number of ether oxygens (including phenoxy) is 1. The molecule has 126 valence electrons. The Labute approximate surface area is 157 Å². The fraction of sp³-hybridized carbons (Fsp3) is 0.222. The van der Waals surface area contributed by atoms with Crippen molar-refractivity contribution in [1.82, 2.24) is 5.32 Å². The molecule has 2 aromatic carbocycles. The molecule has 0 radical (unpaired) electrons. The maximum atomic E-state index is 12.3. The van der Waals surface area contributed by atoms with Gasteiger partial charge in [-0.1, -0.05) is 56.1 Å². The smallest absolute Gasteiger partial charge is 0.307 e. The molecular formula is C18H17Br2NO3. The zero-order valence-electron chi connectivity index (χ0n) is 13.1. The SMILES string of the molecule is COC(=O)CC(NC(=O)Cc1ccc(Br)cc1)c1cccc(Br)c1. The van der Waals surface area contributed by atoms with Crippen LogP contribution in [0.4, 0.5) is 0 Å². The minimum absolute atomic E-state index is 0.0824. The zero-order chi connectivity index (χ0) is 17.5. The lowest BCUT2D eigenvalue weighted by molar-refractivity contribution is -0.141. The van der Waals surface area contributed by atoms with Gasteiger partial charge >= 0.3 is 5.97 Å². The van der Waals surface area contributed by atoms with Gasteiger partial charge in [-0.3, -0.25) is 9.59 Å². The Balaban J connectivity index is 2.10. The Morgan fingerprint density at radius 2 is 1.79 bits per heavy atom. The number of hydrogen-bond donors (Lipinski definition) is 1. The maximum absolute atomic E-state index is 12.3. The van der Waals surface area contributed by atoms with Gasteiger partial charge in [0.05, 0.1) is 26.0 Å². The van der Waals surface area contributed by atoms with Crippen molar-refractivity contribution in [3.8, 4) is 0 Å². The van der Waals surface area contributed by atoms with Gasteiger partial charge in [0.15, 0.2) is 0 Å². The van der Waals surface area contributed by atoms with Crippen LogP contribution in [0, 0.1) is 0 Å². The second kappa shape index (κ2) is 8.99. The summed E-state index contributed by atoms with van der Waals surface area (Å²) in [5, 5.41) is 2.92. The van der Waals surface area contributed by atoms with E-state index in [-0.39, 0.29) is 24.7 Å². The van der Waals surface area contributed by atoms with E-state index in [0.29, 0.717) is 0 Å². The van der Waals surface area contributed by atoms with E-state index in [0.717, 1.165) is 20.1 Å². The van der Waals surface area contributed by atoms with Crippen LogP contribution in [0.3, 0.4) is 0 Å². The number of amides is 1. The molecule has 0 aliphatic carbocycles. The molecule has 0 saturated carbocycles. The monoisotopic (exact) mass is 453 g/mol. The van der Waals surface area contributed by atoms with Crippen molar-refractivity contribution in [3.63, 3.8) is 0 Å². The minimum Gasteiger partial charge on any atom is -0.469 e. The largest absolute Gasteiger partial charge is 0.469 e. The van der Waals surface area contributed by atoms with Gasteiger partial charge in [0.2, 0.25) is 5.91 Å². The third-order valence-corrected chi connectivity index (χ3v) is 4.48. The fourth-order valence-electron chi connectivity index (χ4n) is 2.26. The molecule has 24 heavy (non-hydrogen) atoms. The first-order valence-corrected chi connectivity index (χ1v) is 8.92. The molecule has 0 aliphatic rings. The summed E-state index contributed by atoms with van der Waals surface area (Å²) in [6.45, 7) is 0. The zero-order valence-corrected chi connectivity index (χ0v) is 16.3. The van der Waals surface area contributed by atoms with Gasteiger partial charge in [-0.15, -0.1) is 0 Å². The lowest BCUT2D eigenvalue weighted by Crippen LogP contribution is -2.31. The number of methoxy groups -OCH3 is 1. The number of rotatable bonds is 6. The van der Waals surface area contributed by atoms with Crippen molar-refractivity contribution in [2.24, 2.45) is 0 Å². The average molecular weight is 455 g/mol. The highest BCUT2D eigenvalue weighted by Crippen LogP contribution is 2.21. The van der Waals surface area contributed by atoms with Crippen molar-refractivity contribution in [2.45, 2.75) is 18.9 Å². The number of carbonyl (C=O) groups is 2. The molecule has 1 amide bonds. The van der Waals surface area contributed by atoms with Gasteiger partial charge < -0.3 is 10.1 Å². The van der Waals surface area contributed by atoms with Crippen LogP contribution in [-0.4, -0.2) is 19.0 Å². The number of hydrogen-bond acceptors (Lipinski definition) is 3. The fourth-order valence-corrected chi connectivity index (χ4v) is 2.94. The first kappa shape index (κ1) is 18.7. The number of esters is 1. The predicted octanol–water partition coefficient (Wildman–Crippen LogP) is 4.17. The molecule has 0 spiro atoms. The summed E-state index contributed by atoms with van der Waals surface area (Å²) in [5.41, 5.74) is 1.75. The van der Waals surface area contributed by atoms with Crippen LogP contribution >= 0.6 is 31.9 Å². The molecule has 2 aromatic rings. The van der Waals surface area contributed by atoms with E-state index >= 15 is 0 Å². The molecule has 0 fully saturated rings. The molecule has 6 heteroatoms. The molecule has 0 saturated heterocycles. The maximum Gasteiger partial charge on any atom is 0.307 e. The first-order valence-electron chi connectivity index (χ1n) is 7.34. The third kappa shape index (κ3) is 5.76. The van der Waals surface area contributed by atoms with E-state index in [1.54, 1.807) is 0 Å². The summed E-state index contributed by atoms with van der Waals surface area (Å²) >= 11 is 6.78. The Hall–Kier alpha value is -1.66. The summed E-state index contributed by atoms with van der Waals surface area (Å²) in [6, 6.07) is 14.6. The van der Waals surface area contributed by atoms with Crippen LogP contribution in [0.2, 0.25) is 0 Å². The number of halogens is 2. The van der Waals surface area contributed by atoms with E-state index in [1.807, 2.05) is 48.5 Å². The van der Waals surface area contributed by atoms with E-state index < -0.39 is 6.04 Å². The second-order valence-corrected chi connectivity index (χ2v) is 7.09. The van der Waals surface area contributed by atoms with E-state index in [4.69, 9.17) is 4.74 Å². The summed E-state index contributed by atoms with van der Waals surface area (Å²) in [7, 11) is 1.34. The highest BCUT2D eigenvalue weighted by atomic mass is 79.9. The van der Waals surface area contributed by atoms with Gasteiger partial charge in [0.25, 0.3) is 0 Å². The Kier molecular flexibility index (Phi) is 6.99. The van der Waals surface area contributed by atoms with Crippen molar-refractivity contribution in [3.05, 3.63) is 68.6 Å². The Morgan fingerprint density at radius 1 is 1.08 bits per heavy atom. The summed E-state index contributed by atoms with van der Waals surface area (Å²) in [5.74, 6) is -0.518. The van der Waals surface area contributed by atoms with Crippen LogP contribution in [0.1, 0.15) is 23.6 Å². The van der Waals surface area contributed by atoms with E-state index in [1.165, 1.54) is 7.11 Å². The lowest BCUT2D eigenvalue weighted by Gasteiger charge is -2.18. The van der Waals surface area contributed by atoms with Crippen LogP contribution in [0.25, 0.3) is 0 Å². The van der Waals surface area contributed by atoms with Crippen molar-refractivity contribution >= 4 is 43.7 Å². The van der Waals surface area contributed by atoms with Gasteiger partial charge in [0, 0.05) is 8.95 Å². The predicted molar refractivity (Wildman–Crippen MR) is 99.5 cm³/mol. The summed E-state index contributed by atoms with van der Waals surface area (Å²) in [6.07, 6.45) is 0.331. The molecule has 0 bridgehead atoms. The van der Waals surface area contributed by atoms with Crippen LogP contribution in [-0.2, 0) is 20.7 Å². The highest BCUT2D eigenvalue weighted by molar-refractivity contribution is 9.10. The average Bonchev–Trinajstić information content (AvgIpc) is 2.56. The molecule has 4 nitrogen and oxygen atoms in total. The van der Waals surface area contributed by atoms with Crippen molar-refractivity contribution in [1.29, 1.82) is 0 Å². The van der Waals surface area contributed by atoms with Gasteiger partial charge in [-0.05, 0) is 35.4 Å². The molecule has 0 aliphatic heterocycles. The van der Waals surface area contributed by atoms with Crippen LogP contribution in [0.5, 0.6) is 0 Å². The molecule has 2 rings (SSSR count). The van der Waals surface area contributed by atoms with E-state index in [9.17, 15) is 9.59 Å². The number of benzene rings is 2. The lowest BCUT2D eigenvalue weighted by atomic mass is 10.0. The van der Waals surface area contributed by atoms with Crippen LogP contribution in [0.15, 0.2) is 57.5 Å². The van der Waals surface area contributed by atoms with Crippen LogP contribution < -0.4 is 5.32 Å². The third-order valence-electron chi connectivity index (χ3n) is 3.46. The Bertz CT molecular complexity index is 716. The molecule has 0 aromatic heterocycles. The number of carbonyl (C=O) groups excluding carboxylic acids is 2.